The molecule has 3 aromatic carbocycles. The number of aromatic hydroxyl groups is 3. The van der Waals surface area contributed by atoms with Gasteiger partial charge in [0.25, 0.3) is 0 Å². The second-order valence-corrected chi connectivity index (χ2v) is 9.70. The number of phenols is 3. The van der Waals surface area contributed by atoms with E-state index in [1.54, 1.807) is 36.4 Å². The molecular formula is C29H30O9. The van der Waals surface area contributed by atoms with Crippen molar-refractivity contribution < 1.29 is 44.2 Å². The van der Waals surface area contributed by atoms with E-state index in [-0.39, 0.29) is 53.8 Å². The molecule has 0 unspecified atom stereocenters. The van der Waals surface area contributed by atoms with Crippen LogP contribution < -0.4 is 14.2 Å². The third-order valence-corrected chi connectivity index (χ3v) is 7.41. The summed E-state index contributed by atoms with van der Waals surface area (Å²) in [7, 11) is 2.93. The second kappa shape index (κ2) is 10.3. The third kappa shape index (κ3) is 4.65. The SMILES string of the molecule is COc1cc(C[C@@H]2COC(=O)[C@H]2Cc2cc(O)c3c(c2)[C@H](CO)[C@@H](c2ccc(O)c(OC)c2)O3)ccc1O. The summed E-state index contributed by atoms with van der Waals surface area (Å²) >= 11 is 0. The molecule has 2 heterocycles. The lowest BCUT2D eigenvalue weighted by Crippen LogP contribution is -2.21. The minimum absolute atomic E-state index is 0.0128. The molecule has 0 aromatic heterocycles. The van der Waals surface area contributed by atoms with Crippen LogP contribution in [0.4, 0.5) is 0 Å². The van der Waals surface area contributed by atoms with Gasteiger partial charge >= 0.3 is 5.97 Å². The lowest BCUT2D eigenvalue weighted by Gasteiger charge is -2.19. The Morgan fingerprint density at radius 2 is 1.55 bits per heavy atom. The van der Waals surface area contributed by atoms with E-state index in [1.165, 1.54) is 20.3 Å². The van der Waals surface area contributed by atoms with Crippen molar-refractivity contribution in [2.24, 2.45) is 11.8 Å². The fraction of sp³-hybridized carbons (Fsp3) is 0.345. The Hall–Kier alpha value is -4.11. The minimum atomic E-state index is -0.598. The minimum Gasteiger partial charge on any atom is -0.504 e. The van der Waals surface area contributed by atoms with Gasteiger partial charge in [-0.2, -0.15) is 0 Å². The Balaban J connectivity index is 1.39. The van der Waals surface area contributed by atoms with Gasteiger partial charge in [0.1, 0.15) is 6.10 Å². The summed E-state index contributed by atoms with van der Waals surface area (Å²) in [4.78, 5) is 12.7. The molecule has 2 aliphatic rings. The molecule has 9 heteroatoms. The zero-order valence-electron chi connectivity index (χ0n) is 21.1. The number of benzene rings is 3. The number of fused-ring (bicyclic) bond motifs is 1. The van der Waals surface area contributed by atoms with E-state index >= 15 is 0 Å². The van der Waals surface area contributed by atoms with E-state index < -0.39 is 17.9 Å². The zero-order valence-corrected chi connectivity index (χ0v) is 21.1. The van der Waals surface area contributed by atoms with Gasteiger partial charge in [-0.15, -0.1) is 0 Å². The second-order valence-electron chi connectivity index (χ2n) is 9.70. The van der Waals surface area contributed by atoms with Gasteiger partial charge in [0.15, 0.2) is 34.5 Å². The molecule has 5 rings (SSSR count). The fourth-order valence-corrected chi connectivity index (χ4v) is 5.42. The molecule has 1 fully saturated rings. The predicted molar refractivity (Wildman–Crippen MR) is 136 cm³/mol. The van der Waals surface area contributed by atoms with E-state index in [4.69, 9.17) is 18.9 Å². The Kier molecular flexibility index (Phi) is 6.94. The topological polar surface area (TPSA) is 135 Å². The van der Waals surface area contributed by atoms with Crippen molar-refractivity contribution in [1.82, 2.24) is 0 Å². The number of phenolic OH excluding ortho intramolecular Hbond substituents is 3. The molecule has 0 bridgehead atoms. The normalized spacial score (nSPS) is 22.0. The van der Waals surface area contributed by atoms with E-state index in [0.29, 0.717) is 29.7 Å². The molecule has 0 radical (unpaired) electrons. The molecule has 1 saturated heterocycles. The van der Waals surface area contributed by atoms with E-state index in [1.807, 2.05) is 6.07 Å². The summed E-state index contributed by atoms with van der Waals surface area (Å²) in [6.45, 7) is 0.0390. The van der Waals surface area contributed by atoms with Crippen LogP contribution in [-0.4, -0.2) is 53.8 Å². The largest absolute Gasteiger partial charge is 0.504 e. The number of hydrogen-bond donors (Lipinski definition) is 4. The number of aliphatic hydroxyl groups excluding tert-OH is 1. The first-order valence-corrected chi connectivity index (χ1v) is 12.4. The highest BCUT2D eigenvalue weighted by atomic mass is 16.5. The maximum absolute atomic E-state index is 12.7. The van der Waals surface area contributed by atoms with Gasteiger partial charge in [-0.25, -0.2) is 0 Å². The third-order valence-electron chi connectivity index (χ3n) is 7.41. The first kappa shape index (κ1) is 25.5. The highest BCUT2D eigenvalue weighted by Crippen LogP contribution is 2.51. The number of methoxy groups -OCH3 is 2. The highest BCUT2D eigenvalue weighted by Gasteiger charge is 2.40. The Bertz CT molecular complexity index is 1350. The van der Waals surface area contributed by atoms with Crippen LogP contribution in [0.2, 0.25) is 0 Å². The average Bonchev–Trinajstić information content (AvgIpc) is 3.45. The molecule has 0 amide bonds. The van der Waals surface area contributed by atoms with Crippen molar-refractivity contribution in [3.8, 4) is 34.5 Å². The van der Waals surface area contributed by atoms with Gasteiger partial charge in [0, 0.05) is 11.5 Å². The maximum Gasteiger partial charge on any atom is 0.309 e. The van der Waals surface area contributed by atoms with Gasteiger partial charge in [0.2, 0.25) is 0 Å². The van der Waals surface area contributed by atoms with Crippen LogP contribution in [0.1, 0.15) is 34.3 Å². The number of ether oxygens (including phenoxy) is 4. The molecule has 0 aliphatic carbocycles. The smallest absolute Gasteiger partial charge is 0.309 e. The van der Waals surface area contributed by atoms with Crippen LogP contribution in [0.15, 0.2) is 48.5 Å². The van der Waals surface area contributed by atoms with Crippen molar-refractivity contribution >= 4 is 5.97 Å². The fourth-order valence-electron chi connectivity index (χ4n) is 5.42. The first-order valence-electron chi connectivity index (χ1n) is 12.4. The van der Waals surface area contributed by atoms with Crippen LogP contribution in [0.25, 0.3) is 0 Å². The Morgan fingerprint density at radius 1 is 0.842 bits per heavy atom. The van der Waals surface area contributed by atoms with Gasteiger partial charge < -0.3 is 39.4 Å². The van der Waals surface area contributed by atoms with Gasteiger partial charge in [-0.1, -0.05) is 18.2 Å². The summed E-state index contributed by atoms with van der Waals surface area (Å²) in [5, 5.41) is 40.9. The van der Waals surface area contributed by atoms with E-state index in [0.717, 1.165) is 11.1 Å². The summed E-state index contributed by atoms with van der Waals surface area (Å²) in [5.41, 5.74) is 2.96. The zero-order chi connectivity index (χ0) is 27.0. The number of hydrogen-bond acceptors (Lipinski definition) is 9. The molecule has 0 spiro atoms. The van der Waals surface area contributed by atoms with Crippen molar-refractivity contribution in [3.63, 3.8) is 0 Å². The van der Waals surface area contributed by atoms with Crippen LogP contribution in [-0.2, 0) is 22.4 Å². The predicted octanol–water partition coefficient (Wildman–Crippen LogP) is 3.60. The van der Waals surface area contributed by atoms with Gasteiger partial charge in [-0.05, 0) is 59.9 Å². The lowest BCUT2D eigenvalue weighted by molar-refractivity contribution is -0.141. The quantitative estimate of drug-likeness (QED) is 0.327. The molecule has 4 atom stereocenters. The number of carbonyl (C=O) groups excluding carboxylic acids is 1. The molecular weight excluding hydrogens is 492 g/mol. The molecule has 9 nitrogen and oxygen atoms in total. The highest BCUT2D eigenvalue weighted by molar-refractivity contribution is 5.75. The summed E-state index contributed by atoms with van der Waals surface area (Å²) in [6, 6.07) is 13.4. The number of cyclic esters (lactones) is 1. The molecule has 2 aliphatic heterocycles. The lowest BCUT2D eigenvalue weighted by atomic mass is 9.83. The molecule has 38 heavy (non-hydrogen) atoms. The number of aliphatic hydroxyl groups is 1. The van der Waals surface area contributed by atoms with Crippen LogP contribution in [0.3, 0.4) is 0 Å². The van der Waals surface area contributed by atoms with E-state index in [2.05, 4.69) is 0 Å². The monoisotopic (exact) mass is 522 g/mol. The molecule has 4 N–H and O–H groups in total. The average molecular weight is 523 g/mol. The molecule has 200 valence electrons. The van der Waals surface area contributed by atoms with Crippen molar-refractivity contribution in [2.45, 2.75) is 24.9 Å². The molecule has 0 saturated carbocycles. The first-order chi connectivity index (χ1) is 18.3. The van der Waals surface area contributed by atoms with Crippen molar-refractivity contribution in [1.29, 1.82) is 0 Å². The Labute approximate surface area is 219 Å². The van der Waals surface area contributed by atoms with E-state index in [9.17, 15) is 25.2 Å². The number of rotatable bonds is 8. The standard InChI is InChI=1S/C29H30O9/c1-35-25-11-15(3-5-22(25)31)7-18-14-37-29(34)19(18)8-16-9-20-21(13-30)27(38-28(20)24(33)10-16)17-4-6-23(32)26(12-17)36-2/h3-6,9-12,18-19,21,27,30-33H,7-8,13-14H2,1-2H3/t18-,19+,21+,27-/m1/s1. The van der Waals surface area contributed by atoms with Gasteiger partial charge in [-0.3, -0.25) is 4.79 Å². The molecule has 3 aromatic rings. The van der Waals surface area contributed by atoms with Crippen molar-refractivity contribution in [2.75, 3.05) is 27.4 Å². The summed E-state index contributed by atoms with van der Waals surface area (Å²) in [5.74, 6) is -0.420. The summed E-state index contributed by atoms with van der Waals surface area (Å²) < 4.78 is 21.9. The van der Waals surface area contributed by atoms with Crippen molar-refractivity contribution in [3.05, 3.63) is 70.8 Å². The van der Waals surface area contributed by atoms with Crippen LogP contribution in [0, 0.1) is 11.8 Å². The van der Waals surface area contributed by atoms with Gasteiger partial charge in [0.05, 0.1) is 39.3 Å². The number of esters is 1. The van der Waals surface area contributed by atoms with Crippen LogP contribution >= 0.6 is 0 Å². The van der Waals surface area contributed by atoms with Crippen LogP contribution in [0.5, 0.6) is 34.5 Å². The maximum atomic E-state index is 12.7. The Morgan fingerprint density at radius 3 is 2.26 bits per heavy atom. The summed E-state index contributed by atoms with van der Waals surface area (Å²) in [6.07, 6.45) is 0.297. The number of carbonyl (C=O) groups is 1.